The number of amides is 1. The number of likely N-dealkylation sites (N-methyl/N-ethyl adjacent to an activating group) is 1. The zero-order chi connectivity index (χ0) is 22.3. The molecular weight excluding hydrogens is 436 g/mol. The average Bonchev–Trinajstić information content (AvgIpc) is 3.33. The number of thiazole rings is 1. The second kappa shape index (κ2) is 8.21. The summed E-state index contributed by atoms with van der Waals surface area (Å²) in [6, 6.07) is 3.95. The van der Waals surface area contributed by atoms with Crippen molar-refractivity contribution in [1.29, 1.82) is 0 Å². The van der Waals surface area contributed by atoms with Crippen LogP contribution in [0.15, 0.2) is 28.7 Å². The van der Waals surface area contributed by atoms with Crippen molar-refractivity contribution < 1.29 is 13.2 Å². The quantitative estimate of drug-likeness (QED) is 0.603. The number of fused-ring (bicyclic) bond motifs is 1. The van der Waals surface area contributed by atoms with Gasteiger partial charge in [-0.1, -0.05) is 18.3 Å². The fourth-order valence-corrected chi connectivity index (χ4v) is 7.19. The first-order valence-corrected chi connectivity index (χ1v) is 12.3. The molecular formula is C20H26N6O3S2. The molecule has 11 heteroatoms. The highest BCUT2D eigenvalue weighted by molar-refractivity contribution is 7.91. The molecule has 1 amide bonds. The number of aromatic nitrogens is 3. The second-order valence-corrected chi connectivity index (χ2v) is 11.1. The lowest BCUT2D eigenvalue weighted by Crippen LogP contribution is -2.52. The zero-order valence-corrected chi connectivity index (χ0v) is 19.5. The summed E-state index contributed by atoms with van der Waals surface area (Å²) < 4.78 is 28.6. The molecule has 0 aromatic carbocycles. The fraction of sp³-hybridized carbons (Fsp3) is 0.450. The van der Waals surface area contributed by atoms with E-state index in [1.165, 1.54) is 6.92 Å². The van der Waals surface area contributed by atoms with E-state index in [9.17, 15) is 13.2 Å². The molecule has 1 aliphatic rings. The number of nitrogens with one attached hydrogen (secondary N) is 2. The van der Waals surface area contributed by atoms with Crippen molar-refractivity contribution in [2.24, 2.45) is 5.92 Å². The Morgan fingerprint density at radius 1 is 1.39 bits per heavy atom. The van der Waals surface area contributed by atoms with Crippen LogP contribution in [0.1, 0.15) is 26.0 Å². The summed E-state index contributed by atoms with van der Waals surface area (Å²) >= 11 is 1.000. The third-order valence-corrected chi connectivity index (χ3v) is 9.33. The van der Waals surface area contributed by atoms with Crippen LogP contribution in [0.4, 0.5) is 10.8 Å². The number of nitrogens with zero attached hydrogens (tertiary/aromatic N) is 4. The topological polar surface area (TPSA) is 111 Å². The molecule has 1 unspecified atom stereocenters. The number of carbonyl (C=O) groups excluding carboxylic acids is 1. The maximum absolute atomic E-state index is 13.4. The molecule has 9 nitrogen and oxygen atoms in total. The highest BCUT2D eigenvalue weighted by Crippen LogP contribution is 2.35. The lowest BCUT2D eigenvalue weighted by atomic mass is 9.93. The van der Waals surface area contributed by atoms with Crippen molar-refractivity contribution in [3.63, 3.8) is 0 Å². The van der Waals surface area contributed by atoms with Crippen molar-refractivity contribution in [3.8, 4) is 0 Å². The van der Waals surface area contributed by atoms with E-state index in [0.29, 0.717) is 29.8 Å². The average molecular weight is 463 g/mol. The number of rotatable bonds is 5. The summed E-state index contributed by atoms with van der Waals surface area (Å²) in [6.07, 6.45) is 4.37. The molecule has 4 heterocycles. The third kappa shape index (κ3) is 4.04. The Balaban J connectivity index is 1.62. The standard InChI is InChI=1S/C20H26N6O3S2/c1-12-7-10-26(31(28,29)19-13(2)23-20(30-19)24-14(3)27)11-17(12)25(4)16-6-9-22-18-15(16)5-8-21-18/h5-6,8-9,12,17H,7,10-11H2,1-4H3,(H,21,22)(H,23,24,27)/t12-,17?/m1/s1. The molecule has 31 heavy (non-hydrogen) atoms. The number of aryl methyl sites for hydroxylation is 1. The third-order valence-electron chi connectivity index (χ3n) is 5.81. The molecule has 0 bridgehead atoms. The van der Waals surface area contributed by atoms with Gasteiger partial charge in [-0.3, -0.25) is 4.79 Å². The first-order valence-electron chi connectivity index (χ1n) is 10.1. The summed E-state index contributed by atoms with van der Waals surface area (Å²) in [7, 11) is -1.71. The largest absolute Gasteiger partial charge is 0.369 e. The van der Waals surface area contributed by atoms with E-state index < -0.39 is 10.0 Å². The number of carbonyl (C=O) groups is 1. The van der Waals surface area contributed by atoms with Crippen LogP contribution in [0.5, 0.6) is 0 Å². The molecule has 1 saturated heterocycles. The Kier molecular flexibility index (Phi) is 5.75. The van der Waals surface area contributed by atoms with Crippen LogP contribution in [0.25, 0.3) is 11.0 Å². The first-order chi connectivity index (χ1) is 14.7. The Morgan fingerprint density at radius 3 is 2.90 bits per heavy atom. The van der Waals surface area contributed by atoms with Gasteiger partial charge in [0.15, 0.2) is 9.34 Å². The number of piperidine rings is 1. The SMILES string of the molecule is CC(=O)Nc1nc(C)c(S(=O)(=O)N2CC[C@@H](C)C(N(C)c3ccnc4[nH]ccc34)C2)s1. The molecule has 1 aliphatic heterocycles. The number of anilines is 2. The fourth-order valence-electron chi connectivity index (χ4n) is 4.12. The van der Waals surface area contributed by atoms with Crippen LogP contribution < -0.4 is 10.2 Å². The van der Waals surface area contributed by atoms with Crippen molar-refractivity contribution in [2.75, 3.05) is 30.4 Å². The lowest BCUT2D eigenvalue weighted by molar-refractivity contribution is -0.114. The van der Waals surface area contributed by atoms with Crippen molar-refractivity contribution in [1.82, 2.24) is 19.3 Å². The number of pyridine rings is 1. The van der Waals surface area contributed by atoms with Gasteiger partial charge in [-0.2, -0.15) is 4.31 Å². The summed E-state index contributed by atoms with van der Waals surface area (Å²) in [6.45, 7) is 6.02. The molecule has 0 radical (unpaired) electrons. The van der Waals surface area contributed by atoms with Crippen LogP contribution in [0, 0.1) is 12.8 Å². The van der Waals surface area contributed by atoms with E-state index in [1.54, 1.807) is 17.4 Å². The normalized spacial score (nSPS) is 20.1. The molecule has 3 aromatic heterocycles. The van der Waals surface area contributed by atoms with Gasteiger partial charge in [0, 0.05) is 56.6 Å². The van der Waals surface area contributed by atoms with Crippen LogP contribution in [0.3, 0.4) is 0 Å². The van der Waals surface area contributed by atoms with Gasteiger partial charge in [0.25, 0.3) is 10.0 Å². The van der Waals surface area contributed by atoms with E-state index >= 15 is 0 Å². The molecule has 0 aliphatic carbocycles. The van der Waals surface area contributed by atoms with Gasteiger partial charge in [0.2, 0.25) is 5.91 Å². The molecule has 2 atom stereocenters. The van der Waals surface area contributed by atoms with Crippen LogP contribution in [-0.4, -0.2) is 59.8 Å². The molecule has 166 valence electrons. The molecule has 4 rings (SSSR count). The van der Waals surface area contributed by atoms with Gasteiger partial charge in [-0.15, -0.1) is 0 Å². The number of hydrogen-bond acceptors (Lipinski definition) is 7. The first kappa shape index (κ1) is 21.7. The van der Waals surface area contributed by atoms with E-state index in [4.69, 9.17) is 0 Å². The van der Waals surface area contributed by atoms with Gasteiger partial charge >= 0.3 is 0 Å². The number of sulfonamides is 1. The molecule has 3 aromatic rings. The molecule has 0 spiro atoms. The van der Waals surface area contributed by atoms with Gasteiger partial charge in [0.05, 0.1) is 5.69 Å². The molecule has 2 N–H and O–H groups in total. The predicted octanol–water partition coefficient (Wildman–Crippen LogP) is 2.82. The van der Waals surface area contributed by atoms with E-state index in [2.05, 4.69) is 32.1 Å². The Labute approximate surface area is 185 Å². The van der Waals surface area contributed by atoms with Crippen molar-refractivity contribution >= 4 is 49.1 Å². The van der Waals surface area contributed by atoms with Gasteiger partial charge < -0.3 is 15.2 Å². The van der Waals surface area contributed by atoms with Crippen LogP contribution in [-0.2, 0) is 14.8 Å². The monoisotopic (exact) mass is 462 g/mol. The number of H-pyrrole nitrogens is 1. The summed E-state index contributed by atoms with van der Waals surface area (Å²) in [4.78, 5) is 25.2. The Hall–Kier alpha value is -2.50. The predicted molar refractivity (Wildman–Crippen MR) is 122 cm³/mol. The summed E-state index contributed by atoms with van der Waals surface area (Å²) in [5, 5.41) is 3.89. The van der Waals surface area contributed by atoms with Gasteiger partial charge in [-0.05, 0) is 31.4 Å². The minimum Gasteiger partial charge on any atom is -0.369 e. The Bertz CT molecular complexity index is 1220. The maximum atomic E-state index is 13.4. The van der Waals surface area contributed by atoms with E-state index in [-0.39, 0.29) is 16.2 Å². The molecule has 0 saturated carbocycles. The minimum atomic E-state index is -3.72. The minimum absolute atomic E-state index is 0.00654. The lowest BCUT2D eigenvalue weighted by Gasteiger charge is -2.42. The van der Waals surface area contributed by atoms with Gasteiger partial charge in [0.1, 0.15) is 5.65 Å². The zero-order valence-electron chi connectivity index (χ0n) is 17.9. The van der Waals surface area contributed by atoms with Gasteiger partial charge in [-0.25, -0.2) is 18.4 Å². The number of aromatic amines is 1. The maximum Gasteiger partial charge on any atom is 0.254 e. The molecule has 1 fully saturated rings. The summed E-state index contributed by atoms with van der Waals surface area (Å²) in [5.74, 6) is 0.0377. The second-order valence-electron chi connectivity index (χ2n) is 7.95. The van der Waals surface area contributed by atoms with E-state index in [0.717, 1.165) is 34.5 Å². The smallest absolute Gasteiger partial charge is 0.254 e. The van der Waals surface area contributed by atoms with Crippen LogP contribution >= 0.6 is 11.3 Å². The van der Waals surface area contributed by atoms with Crippen molar-refractivity contribution in [3.05, 3.63) is 30.2 Å². The summed E-state index contributed by atoms with van der Waals surface area (Å²) in [5.41, 5.74) is 2.23. The van der Waals surface area contributed by atoms with Crippen LogP contribution in [0.2, 0.25) is 0 Å². The van der Waals surface area contributed by atoms with E-state index in [1.807, 2.05) is 25.4 Å². The Morgan fingerprint density at radius 2 is 2.16 bits per heavy atom. The van der Waals surface area contributed by atoms with Crippen molar-refractivity contribution in [2.45, 2.75) is 37.4 Å². The highest BCUT2D eigenvalue weighted by Gasteiger charge is 2.38. The highest BCUT2D eigenvalue weighted by atomic mass is 32.2. The number of hydrogen-bond donors (Lipinski definition) is 2.